The molecule has 260 valence electrons. The number of benzene rings is 5. The summed E-state index contributed by atoms with van der Waals surface area (Å²) in [5.41, 5.74) is 2.56. The number of nitrogens with one attached hydrogen (secondary N) is 3. The summed E-state index contributed by atoms with van der Waals surface area (Å²) in [7, 11) is 6.13. The van der Waals surface area contributed by atoms with Gasteiger partial charge in [0.15, 0.2) is 0 Å². The topological polar surface area (TPSA) is 124 Å². The normalized spacial score (nSPS) is 11.5. The molecule has 5 aromatic rings. The number of ether oxygens (including phenoxy) is 4. The summed E-state index contributed by atoms with van der Waals surface area (Å²) < 4.78 is 21.7. The number of rotatable bonds is 14. The van der Waals surface area contributed by atoms with Crippen LogP contribution >= 0.6 is 11.8 Å². The molecular formula is C40H37N3O7S. The molecule has 5 aromatic carbocycles. The zero-order chi connectivity index (χ0) is 36.2. The predicted octanol–water partition coefficient (Wildman–Crippen LogP) is 7.60. The van der Waals surface area contributed by atoms with E-state index in [-0.39, 0.29) is 11.6 Å². The Morgan fingerprint density at radius 3 is 1.96 bits per heavy atom. The Bertz CT molecular complexity index is 2020. The second kappa shape index (κ2) is 17.5. The molecule has 0 radical (unpaired) electrons. The first-order valence-electron chi connectivity index (χ1n) is 15.8. The molecule has 51 heavy (non-hydrogen) atoms. The van der Waals surface area contributed by atoms with Gasteiger partial charge in [0, 0.05) is 27.8 Å². The Labute approximate surface area is 300 Å². The van der Waals surface area contributed by atoms with Gasteiger partial charge in [0.1, 0.15) is 33.9 Å². The van der Waals surface area contributed by atoms with E-state index in [0.29, 0.717) is 50.4 Å². The van der Waals surface area contributed by atoms with Crippen LogP contribution in [0.5, 0.6) is 23.0 Å². The molecule has 1 unspecified atom stereocenters. The third-order valence-corrected chi connectivity index (χ3v) is 8.86. The van der Waals surface area contributed by atoms with Crippen molar-refractivity contribution in [1.82, 2.24) is 5.32 Å². The lowest BCUT2D eigenvalue weighted by atomic mass is 10.1. The highest BCUT2D eigenvalue weighted by Gasteiger charge is 2.24. The summed E-state index contributed by atoms with van der Waals surface area (Å²) in [6, 6.07) is 35.4. The first kappa shape index (κ1) is 36.1. The molecule has 0 aliphatic carbocycles. The van der Waals surface area contributed by atoms with Gasteiger partial charge in [0.05, 0.1) is 34.1 Å². The van der Waals surface area contributed by atoms with Crippen molar-refractivity contribution in [1.29, 1.82) is 0 Å². The maximum Gasteiger partial charge on any atom is 0.272 e. The fourth-order valence-corrected chi connectivity index (χ4v) is 6.13. The number of carbonyl (C=O) groups is 3. The number of hydrogen-bond donors (Lipinski definition) is 3. The Balaban J connectivity index is 1.42. The van der Waals surface area contributed by atoms with Gasteiger partial charge in [0.25, 0.3) is 11.8 Å². The largest absolute Gasteiger partial charge is 0.497 e. The highest BCUT2D eigenvalue weighted by molar-refractivity contribution is 8.00. The molecule has 3 amide bonds. The molecule has 0 fully saturated rings. The number of thioether (sulfide) groups is 1. The molecule has 3 N–H and O–H groups in total. The molecule has 0 aliphatic rings. The maximum atomic E-state index is 13.9. The van der Waals surface area contributed by atoms with Crippen LogP contribution < -0.4 is 34.9 Å². The van der Waals surface area contributed by atoms with Crippen LogP contribution in [-0.4, -0.2) is 46.2 Å². The first-order chi connectivity index (χ1) is 24.8. The van der Waals surface area contributed by atoms with Crippen molar-refractivity contribution < 1.29 is 33.3 Å². The Kier molecular flexibility index (Phi) is 12.4. The SMILES string of the molecule is COc1ccc(OC)c(/C=C(/NC(=O)c2ccccc2)C(=O)Nc2cccc(SC(C(=O)Nc3cc(OC)ccc3OC)c3ccccc3)c2)c1. The zero-order valence-corrected chi connectivity index (χ0v) is 29.3. The Hall–Kier alpha value is -6.20. The average molecular weight is 704 g/mol. The highest BCUT2D eigenvalue weighted by Crippen LogP contribution is 2.38. The van der Waals surface area contributed by atoms with Crippen LogP contribution in [0, 0.1) is 0 Å². The molecular weight excluding hydrogens is 667 g/mol. The Morgan fingerprint density at radius 2 is 1.29 bits per heavy atom. The molecule has 10 nitrogen and oxygen atoms in total. The van der Waals surface area contributed by atoms with Crippen molar-refractivity contribution >= 4 is 46.9 Å². The van der Waals surface area contributed by atoms with Gasteiger partial charge >= 0.3 is 0 Å². The fourth-order valence-electron chi connectivity index (χ4n) is 5.04. The highest BCUT2D eigenvalue weighted by atomic mass is 32.2. The second-order valence-corrected chi connectivity index (χ2v) is 12.1. The van der Waals surface area contributed by atoms with Gasteiger partial charge in [-0.2, -0.15) is 0 Å². The third kappa shape index (κ3) is 9.49. The minimum atomic E-state index is -0.672. The summed E-state index contributed by atoms with van der Waals surface area (Å²) in [5.74, 6) is 0.750. The first-order valence-corrected chi connectivity index (χ1v) is 16.7. The van der Waals surface area contributed by atoms with E-state index in [2.05, 4.69) is 16.0 Å². The van der Waals surface area contributed by atoms with Crippen LogP contribution in [0.25, 0.3) is 6.08 Å². The standard InChI is InChI=1S/C40H37N3O7S/c1-47-30-18-20-35(49-3)28(22-30)23-34(43-38(44)27-14-9-6-10-15-27)39(45)41-29-16-11-17-32(24-29)51-37(26-12-7-5-8-13-26)40(46)42-33-25-31(48-2)19-21-36(33)50-4/h5-25,37H,1-4H3,(H,41,45)(H,42,46)(H,43,44)/b34-23+. The van der Waals surface area contributed by atoms with E-state index in [1.807, 2.05) is 36.4 Å². The molecule has 5 rings (SSSR count). The van der Waals surface area contributed by atoms with Crippen molar-refractivity contribution in [3.8, 4) is 23.0 Å². The van der Waals surface area contributed by atoms with Crippen LogP contribution in [0.2, 0.25) is 0 Å². The van der Waals surface area contributed by atoms with E-state index in [4.69, 9.17) is 18.9 Å². The van der Waals surface area contributed by atoms with E-state index in [9.17, 15) is 14.4 Å². The zero-order valence-electron chi connectivity index (χ0n) is 28.5. The van der Waals surface area contributed by atoms with Crippen molar-refractivity contribution in [2.75, 3.05) is 39.1 Å². The number of carbonyl (C=O) groups excluding carboxylic acids is 3. The van der Waals surface area contributed by atoms with Crippen molar-refractivity contribution in [3.05, 3.63) is 144 Å². The van der Waals surface area contributed by atoms with Gasteiger partial charge in [-0.25, -0.2) is 0 Å². The maximum absolute atomic E-state index is 13.9. The van der Waals surface area contributed by atoms with Crippen LogP contribution in [0.15, 0.2) is 132 Å². The number of amides is 3. The molecule has 0 aromatic heterocycles. The lowest BCUT2D eigenvalue weighted by molar-refractivity contribution is -0.116. The van der Waals surface area contributed by atoms with Gasteiger partial charge < -0.3 is 34.9 Å². The predicted molar refractivity (Wildman–Crippen MR) is 200 cm³/mol. The lowest BCUT2D eigenvalue weighted by Gasteiger charge is -2.19. The van der Waals surface area contributed by atoms with Crippen LogP contribution in [0.1, 0.15) is 26.7 Å². The molecule has 0 saturated carbocycles. The fraction of sp³-hybridized carbons (Fsp3) is 0.125. The van der Waals surface area contributed by atoms with Gasteiger partial charge in [-0.05, 0) is 72.3 Å². The smallest absolute Gasteiger partial charge is 0.272 e. The molecule has 0 aliphatic heterocycles. The van der Waals surface area contributed by atoms with Crippen LogP contribution in [0.3, 0.4) is 0 Å². The van der Waals surface area contributed by atoms with E-state index in [0.717, 1.165) is 5.56 Å². The summed E-state index contributed by atoms with van der Waals surface area (Å²) >= 11 is 1.31. The van der Waals surface area contributed by atoms with Crippen molar-refractivity contribution in [2.24, 2.45) is 0 Å². The molecule has 0 heterocycles. The third-order valence-electron chi connectivity index (χ3n) is 7.62. The van der Waals surface area contributed by atoms with E-state index in [1.165, 1.54) is 39.2 Å². The van der Waals surface area contributed by atoms with Crippen molar-refractivity contribution in [2.45, 2.75) is 10.1 Å². The van der Waals surface area contributed by atoms with E-state index >= 15 is 0 Å². The lowest BCUT2D eigenvalue weighted by Crippen LogP contribution is -2.30. The minimum absolute atomic E-state index is 0.0257. The summed E-state index contributed by atoms with van der Waals surface area (Å²) in [5, 5.41) is 7.96. The van der Waals surface area contributed by atoms with Crippen LogP contribution in [-0.2, 0) is 9.59 Å². The van der Waals surface area contributed by atoms with Gasteiger partial charge in [-0.15, -0.1) is 11.8 Å². The summed E-state index contributed by atoms with van der Waals surface area (Å²) in [4.78, 5) is 41.6. The van der Waals surface area contributed by atoms with E-state index in [1.54, 1.807) is 92.0 Å². The second-order valence-electron chi connectivity index (χ2n) is 10.9. The minimum Gasteiger partial charge on any atom is -0.497 e. The van der Waals surface area contributed by atoms with Gasteiger partial charge in [0.2, 0.25) is 5.91 Å². The van der Waals surface area contributed by atoms with Gasteiger partial charge in [-0.1, -0.05) is 54.6 Å². The van der Waals surface area contributed by atoms with E-state index < -0.39 is 17.1 Å². The summed E-state index contributed by atoms with van der Waals surface area (Å²) in [6.45, 7) is 0. The van der Waals surface area contributed by atoms with Gasteiger partial charge in [-0.3, -0.25) is 14.4 Å². The molecule has 0 bridgehead atoms. The molecule has 0 saturated heterocycles. The quantitative estimate of drug-likeness (QED) is 0.0798. The molecule has 11 heteroatoms. The average Bonchev–Trinajstić information content (AvgIpc) is 3.17. The number of anilines is 2. The summed E-state index contributed by atoms with van der Waals surface area (Å²) in [6.07, 6.45) is 1.53. The molecule has 0 spiro atoms. The van der Waals surface area contributed by atoms with Crippen LogP contribution in [0.4, 0.5) is 11.4 Å². The Morgan fingerprint density at radius 1 is 0.647 bits per heavy atom. The number of methoxy groups -OCH3 is 4. The van der Waals surface area contributed by atoms with Crippen molar-refractivity contribution in [3.63, 3.8) is 0 Å². The monoisotopic (exact) mass is 703 g/mol. The molecule has 1 atom stereocenters. The number of hydrogen-bond acceptors (Lipinski definition) is 8.